The molecule has 4 fully saturated rings. The van der Waals surface area contributed by atoms with Crippen LogP contribution in [0.1, 0.15) is 52.4 Å². The molecule has 0 aromatic rings. The molecule has 5 atom stereocenters. The van der Waals surface area contributed by atoms with Crippen molar-refractivity contribution in [2.45, 2.75) is 70.6 Å². The van der Waals surface area contributed by atoms with E-state index in [-0.39, 0.29) is 12.1 Å². The lowest BCUT2D eigenvalue weighted by atomic mass is 9.70. The SMILES string of the molecule is C/C=C(/C)C(=O)O[C@H]1CCC2C3CC(CN2C1)C1CCCC(=O)N1C3. The average molecular weight is 346 g/mol. The van der Waals surface area contributed by atoms with Crippen LogP contribution in [0.25, 0.3) is 0 Å². The molecular formula is C20H30N2O3. The van der Waals surface area contributed by atoms with Gasteiger partial charge in [0.15, 0.2) is 0 Å². The highest BCUT2D eigenvalue weighted by molar-refractivity contribution is 5.87. The van der Waals surface area contributed by atoms with Gasteiger partial charge in [-0.1, -0.05) is 6.08 Å². The number of piperidine rings is 4. The van der Waals surface area contributed by atoms with E-state index >= 15 is 0 Å². The summed E-state index contributed by atoms with van der Waals surface area (Å²) in [5.74, 6) is 1.41. The van der Waals surface area contributed by atoms with E-state index in [1.807, 2.05) is 19.9 Å². The molecule has 0 spiro atoms. The van der Waals surface area contributed by atoms with E-state index in [0.717, 1.165) is 45.3 Å². The molecule has 0 N–H and O–H groups in total. The van der Waals surface area contributed by atoms with Crippen LogP contribution in [0.2, 0.25) is 0 Å². The lowest BCUT2D eigenvalue weighted by Gasteiger charge is -2.57. The molecule has 0 aromatic heterocycles. The predicted octanol–water partition coefficient (Wildman–Crippen LogP) is 2.36. The zero-order valence-corrected chi connectivity index (χ0v) is 15.4. The monoisotopic (exact) mass is 346 g/mol. The summed E-state index contributed by atoms with van der Waals surface area (Å²) in [6.07, 6.45) is 8.09. The molecule has 25 heavy (non-hydrogen) atoms. The smallest absolute Gasteiger partial charge is 0.333 e. The second-order valence-electron chi connectivity index (χ2n) is 8.36. The van der Waals surface area contributed by atoms with Crippen LogP contribution in [-0.2, 0) is 14.3 Å². The Balaban J connectivity index is 1.43. The first-order valence-electron chi connectivity index (χ1n) is 9.94. The topological polar surface area (TPSA) is 49.9 Å². The highest BCUT2D eigenvalue weighted by Crippen LogP contribution is 2.43. The summed E-state index contributed by atoms with van der Waals surface area (Å²) >= 11 is 0. The van der Waals surface area contributed by atoms with Gasteiger partial charge >= 0.3 is 5.97 Å². The number of allylic oxidation sites excluding steroid dienone is 1. The standard InChI is InChI=1S/C20H30N2O3/c1-3-13(2)20(24)25-16-7-8-17-15-9-14(10-21(17)12-16)18-5-4-6-19(23)22(18)11-15/h3,14-18H,4-12H2,1-2H3/b13-3-/t14?,15?,16-,17?,18?/m0/s1. The first kappa shape index (κ1) is 17.1. The van der Waals surface area contributed by atoms with Crippen LogP contribution >= 0.6 is 0 Å². The summed E-state index contributed by atoms with van der Waals surface area (Å²) in [5, 5.41) is 0. The zero-order chi connectivity index (χ0) is 17.6. The van der Waals surface area contributed by atoms with Gasteiger partial charge in [-0.15, -0.1) is 0 Å². The summed E-state index contributed by atoms with van der Waals surface area (Å²) < 4.78 is 5.73. The van der Waals surface area contributed by atoms with E-state index in [4.69, 9.17) is 4.74 Å². The fourth-order valence-electron chi connectivity index (χ4n) is 5.55. The van der Waals surface area contributed by atoms with Crippen molar-refractivity contribution >= 4 is 11.9 Å². The summed E-state index contributed by atoms with van der Waals surface area (Å²) in [5.41, 5.74) is 0.689. The molecule has 4 rings (SSSR count). The van der Waals surface area contributed by atoms with Gasteiger partial charge < -0.3 is 9.64 Å². The Morgan fingerprint density at radius 2 is 1.92 bits per heavy atom. The molecule has 0 radical (unpaired) electrons. The van der Waals surface area contributed by atoms with E-state index < -0.39 is 0 Å². The highest BCUT2D eigenvalue weighted by atomic mass is 16.5. The van der Waals surface area contributed by atoms with Crippen LogP contribution < -0.4 is 0 Å². The quantitative estimate of drug-likeness (QED) is 0.569. The molecule has 4 unspecified atom stereocenters. The third-order valence-electron chi connectivity index (χ3n) is 6.93. The molecule has 2 bridgehead atoms. The highest BCUT2D eigenvalue weighted by Gasteiger charge is 2.49. The van der Waals surface area contributed by atoms with E-state index in [0.29, 0.717) is 35.4 Å². The van der Waals surface area contributed by atoms with Gasteiger partial charge in [-0.3, -0.25) is 9.69 Å². The predicted molar refractivity (Wildman–Crippen MR) is 94.9 cm³/mol. The number of hydrogen-bond acceptors (Lipinski definition) is 4. The maximum atomic E-state index is 12.3. The Bertz CT molecular complexity index is 587. The van der Waals surface area contributed by atoms with Gasteiger partial charge in [0.25, 0.3) is 0 Å². The number of carbonyl (C=O) groups excluding carboxylic acids is 2. The van der Waals surface area contributed by atoms with Crippen molar-refractivity contribution in [2.75, 3.05) is 19.6 Å². The first-order chi connectivity index (χ1) is 12.1. The van der Waals surface area contributed by atoms with Gasteiger partial charge in [-0.05, 0) is 57.8 Å². The third-order valence-corrected chi connectivity index (χ3v) is 6.93. The van der Waals surface area contributed by atoms with Gasteiger partial charge in [0.2, 0.25) is 5.91 Å². The summed E-state index contributed by atoms with van der Waals surface area (Å²) in [4.78, 5) is 29.2. The normalized spacial score (nSPS) is 38.8. The molecular weight excluding hydrogens is 316 g/mol. The molecule has 4 aliphatic rings. The van der Waals surface area contributed by atoms with Crippen molar-refractivity contribution in [3.8, 4) is 0 Å². The van der Waals surface area contributed by atoms with E-state index in [1.165, 1.54) is 12.8 Å². The second-order valence-corrected chi connectivity index (χ2v) is 8.36. The molecule has 4 aliphatic heterocycles. The Kier molecular flexibility index (Phi) is 4.61. The van der Waals surface area contributed by atoms with E-state index in [9.17, 15) is 9.59 Å². The Morgan fingerprint density at radius 1 is 1.12 bits per heavy atom. The van der Waals surface area contributed by atoms with Gasteiger partial charge in [0.05, 0.1) is 0 Å². The van der Waals surface area contributed by atoms with Gasteiger partial charge in [-0.2, -0.15) is 0 Å². The molecule has 5 heteroatoms. The summed E-state index contributed by atoms with van der Waals surface area (Å²) in [7, 11) is 0. The summed E-state index contributed by atoms with van der Waals surface area (Å²) in [6.45, 7) is 6.56. The van der Waals surface area contributed by atoms with Crippen molar-refractivity contribution in [3.05, 3.63) is 11.6 Å². The van der Waals surface area contributed by atoms with Gasteiger partial charge in [0, 0.05) is 43.7 Å². The van der Waals surface area contributed by atoms with Crippen molar-refractivity contribution < 1.29 is 14.3 Å². The van der Waals surface area contributed by atoms with Crippen LogP contribution in [0.4, 0.5) is 0 Å². The lowest BCUT2D eigenvalue weighted by Crippen LogP contribution is -2.65. The van der Waals surface area contributed by atoms with Crippen LogP contribution in [-0.4, -0.2) is 59.5 Å². The number of nitrogens with zero attached hydrogens (tertiary/aromatic N) is 2. The minimum absolute atomic E-state index is 0.0153. The van der Waals surface area contributed by atoms with Crippen molar-refractivity contribution in [1.29, 1.82) is 0 Å². The molecule has 1 amide bonds. The maximum Gasteiger partial charge on any atom is 0.333 e. The van der Waals surface area contributed by atoms with E-state index in [1.54, 1.807) is 0 Å². The van der Waals surface area contributed by atoms with Crippen LogP contribution in [0.3, 0.4) is 0 Å². The number of esters is 1. The Hall–Kier alpha value is -1.36. The molecule has 138 valence electrons. The van der Waals surface area contributed by atoms with Crippen molar-refractivity contribution in [2.24, 2.45) is 11.8 Å². The molecule has 0 saturated carbocycles. The molecule has 5 nitrogen and oxygen atoms in total. The van der Waals surface area contributed by atoms with Crippen molar-refractivity contribution in [3.63, 3.8) is 0 Å². The largest absolute Gasteiger partial charge is 0.458 e. The fraction of sp³-hybridized carbons (Fsp3) is 0.800. The van der Waals surface area contributed by atoms with Crippen LogP contribution in [0.5, 0.6) is 0 Å². The number of hydrogen-bond donors (Lipinski definition) is 0. The zero-order valence-electron chi connectivity index (χ0n) is 15.4. The lowest BCUT2D eigenvalue weighted by molar-refractivity contribution is -0.158. The summed E-state index contributed by atoms with van der Waals surface area (Å²) in [6, 6.07) is 1.01. The first-order valence-corrected chi connectivity index (χ1v) is 9.94. The average Bonchev–Trinajstić information content (AvgIpc) is 2.62. The number of fused-ring (bicyclic) bond motifs is 6. The minimum atomic E-state index is -0.174. The molecule has 0 aromatic carbocycles. The Labute approximate surface area is 150 Å². The van der Waals surface area contributed by atoms with Crippen LogP contribution in [0, 0.1) is 11.8 Å². The number of ether oxygens (including phenoxy) is 1. The number of amides is 1. The van der Waals surface area contributed by atoms with Gasteiger partial charge in [0.1, 0.15) is 6.10 Å². The maximum absolute atomic E-state index is 12.3. The number of carbonyl (C=O) groups is 2. The fourth-order valence-corrected chi connectivity index (χ4v) is 5.55. The van der Waals surface area contributed by atoms with Crippen LogP contribution in [0.15, 0.2) is 11.6 Å². The second kappa shape index (κ2) is 6.75. The molecule has 0 aliphatic carbocycles. The number of rotatable bonds is 2. The molecule has 4 saturated heterocycles. The minimum Gasteiger partial charge on any atom is -0.458 e. The Morgan fingerprint density at radius 3 is 2.72 bits per heavy atom. The van der Waals surface area contributed by atoms with Crippen molar-refractivity contribution in [1.82, 2.24) is 9.80 Å². The molecule has 4 heterocycles. The third kappa shape index (κ3) is 3.12. The van der Waals surface area contributed by atoms with Gasteiger partial charge in [-0.25, -0.2) is 4.79 Å². The van der Waals surface area contributed by atoms with E-state index in [2.05, 4.69) is 9.80 Å².